The van der Waals surface area contributed by atoms with E-state index in [9.17, 15) is 10.1 Å². The summed E-state index contributed by atoms with van der Waals surface area (Å²) in [7, 11) is 0. The zero-order chi connectivity index (χ0) is 12.1. The average molecular weight is 274 g/mol. The SMILES string of the molecule is Cl.O=[N+]([O-])c1cccnc1OCC1CCNCC1. The first-order chi connectivity index (χ1) is 8.27. The summed E-state index contributed by atoms with van der Waals surface area (Å²) in [6.45, 7) is 2.47. The second kappa shape index (κ2) is 7.13. The first-order valence-electron chi connectivity index (χ1n) is 5.70. The molecule has 0 atom stereocenters. The summed E-state index contributed by atoms with van der Waals surface area (Å²) in [6, 6.07) is 2.94. The van der Waals surface area contributed by atoms with Gasteiger partial charge in [-0.2, -0.15) is 0 Å². The van der Waals surface area contributed by atoms with Crippen LogP contribution in [0.5, 0.6) is 5.88 Å². The summed E-state index contributed by atoms with van der Waals surface area (Å²) in [4.78, 5) is 14.2. The number of hydrogen-bond acceptors (Lipinski definition) is 5. The number of nitrogens with one attached hydrogen (secondary N) is 1. The molecule has 0 saturated carbocycles. The van der Waals surface area contributed by atoms with Gasteiger partial charge in [-0.15, -0.1) is 12.4 Å². The van der Waals surface area contributed by atoms with E-state index in [0.29, 0.717) is 12.5 Å². The topological polar surface area (TPSA) is 77.3 Å². The van der Waals surface area contributed by atoms with Gasteiger partial charge in [-0.3, -0.25) is 10.1 Å². The zero-order valence-corrected chi connectivity index (χ0v) is 10.7. The molecule has 0 aliphatic carbocycles. The molecule has 100 valence electrons. The number of hydrogen-bond donors (Lipinski definition) is 1. The molecule has 0 bridgehead atoms. The van der Waals surface area contributed by atoms with Gasteiger partial charge < -0.3 is 10.1 Å². The van der Waals surface area contributed by atoms with Crippen LogP contribution in [-0.2, 0) is 0 Å². The van der Waals surface area contributed by atoms with E-state index < -0.39 is 4.92 Å². The Kier molecular flexibility index (Phi) is 5.80. The van der Waals surface area contributed by atoms with Gasteiger partial charge in [-0.25, -0.2) is 4.98 Å². The largest absolute Gasteiger partial charge is 0.473 e. The molecule has 6 nitrogen and oxygen atoms in total. The number of piperidine rings is 1. The highest BCUT2D eigenvalue weighted by molar-refractivity contribution is 5.85. The van der Waals surface area contributed by atoms with Crippen molar-refractivity contribution in [2.24, 2.45) is 5.92 Å². The van der Waals surface area contributed by atoms with Crippen molar-refractivity contribution in [2.75, 3.05) is 19.7 Å². The summed E-state index contributed by atoms with van der Waals surface area (Å²) >= 11 is 0. The van der Waals surface area contributed by atoms with Crippen LogP contribution in [0, 0.1) is 16.0 Å². The summed E-state index contributed by atoms with van der Waals surface area (Å²) < 4.78 is 5.46. The van der Waals surface area contributed by atoms with Crippen LogP contribution in [0.2, 0.25) is 0 Å². The van der Waals surface area contributed by atoms with E-state index in [0.717, 1.165) is 25.9 Å². The minimum Gasteiger partial charge on any atom is -0.473 e. The van der Waals surface area contributed by atoms with Gasteiger partial charge in [0.05, 0.1) is 11.5 Å². The molecule has 1 N–H and O–H groups in total. The molecule has 2 rings (SSSR count). The predicted octanol–water partition coefficient (Wildman–Crippen LogP) is 1.79. The fourth-order valence-corrected chi connectivity index (χ4v) is 1.88. The van der Waals surface area contributed by atoms with Gasteiger partial charge in [0.15, 0.2) is 0 Å². The molecule has 1 aromatic rings. The third-order valence-electron chi connectivity index (χ3n) is 2.86. The smallest absolute Gasteiger partial charge is 0.330 e. The Labute approximate surface area is 111 Å². The molecule has 1 aromatic heterocycles. The normalized spacial score (nSPS) is 15.8. The molecule has 2 heterocycles. The van der Waals surface area contributed by atoms with Crippen LogP contribution in [0.15, 0.2) is 18.3 Å². The van der Waals surface area contributed by atoms with Gasteiger partial charge in [0.1, 0.15) is 0 Å². The van der Waals surface area contributed by atoms with Gasteiger partial charge in [0.25, 0.3) is 5.88 Å². The Balaban J connectivity index is 0.00000162. The second-order valence-electron chi connectivity index (χ2n) is 4.09. The molecule has 0 radical (unpaired) electrons. The summed E-state index contributed by atoms with van der Waals surface area (Å²) in [6.07, 6.45) is 3.59. The first-order valence-corrected chi connectivity index (χ1v) is 5.70. The number of pyridine rings is 1. The molecule has 1 fully saturated rings. The lowest BCUT2D eigenvalue weighted by atomic mass is 9.99. The van der Waals surface area contributed by atoms with Crippen molar-refractivity contribution in [2.45, 2.75) is 12.8 Å². The van der Waals surface area contributed by atoms with Crippen molar-refractivity contribution < 1.29 is 9.66 Å². The van der Waals surface area contributed by atoms with E-state index in [1.54, 1.807) is 0 Å². The predicted molar refractivity (Wildman–Crippen MR) is 69.2 cm³/mol. The lowest BCUT2D eigenvalue weighted by Gasteiger charge is -2.22. The van der Waals surface area contributed by atoms with Crippen molar-refractivity contribution in [1.29, 1.82) is 0 Å². The lowest BCUT2D eigenvalue weighted by molar-refractivity contribution is -0.386. The molecular weight excluding hydrogens is 258 g/mol. The summed E-state index contributed by atoms with van der Waals surface area (Å²) in [5.41, 5.74) is -0.0681. The molecule has 1 saturated heterocycles. The third-order valence-corrected chi connectivity index (χ3v) is 2.86. The molecule has 0 amide bonds. The van der Waals surface area contributed by atoms with E-state index >= 15 is 0 Å². The maximum Gasteiger partial charge on any atom is 0.330 e. The Bertz CT molecular complexity index is 397. The fraction of sp³-hybridized carbons (Fsp3) is 0.545. The maximum atomic E-state index is 10.7. The highest BCUT2D eigenvalue weighted by Gasteiger charge is 2.18. The van der Waals surface area contributed by atoms with Gasteiger partial charge in [-0.05, 0) is 37.9 Å². The van der Waals surface area contributed by atoms with Crippen LogP contribution >= 0.6 is 12.4 Å². The van der Waals surface area contributed by atoms with Crippen LogP contribution in [0.25, 0.3) is 0 Å². The molecule has 1 aliphatic rings. The van der Waals surface area contributed by atoms with Crippen LogP contribution in [-0.4, -0.2) is 29.6 Å². The first kappa shape index (κ1) is 14.7. The highest BCUT2D eigenvalue weighted by atomic mass is 35.5. The number of halogens is 1. The van der Waals surface area contributed by atoms with E-state index in [2.05, 4.69) is 10.3 Å². The van der Waals surface area contributed by atoms with E-state index in [4.69, 9.17) is 4.74 Å². The van der Waals surface area contributed by atoms with E-state index in [1.807, 2.05) is 0 Å². The van der Waals surface area contributed by atoms with Crippen LogP contribution < -0.4 is 10.1 Å². The third kappa shape index (κ3) is 3.82. The number of ether oxygens (including phenoxy) is 1. The van der Waals surface area contributed by atoms with Crippen LogP contribution in [0.3, 0.4) is 0 Å². The van der Waals surface area contributed by atoms with Crippen molar-refractivity contribution >= 4 is 18.1 Å². The Morgan fingerprint density at radius 1 is 1.50 bits per heavy atom. The van der Waals surface area contributed by atoms with Gasteiger partial charge in [0.2, 0.25) is 0 Å². The van der Waals surface area contributed by atoms with Crippen LogP contribution in [0.4, 0.5) is 5.69 Å². The molecule has 7 heteroatoms. The lowest BCUT2D eigenvalue weighted by Crippen LogP contribution is -2.30. The summed E-state index contributed by atoms with van der Waals surface area (Å²) in [5, 5.41) is 14.0. The zero-order valence-electron chi connectivity index (χ0n) is 9.87. The molecule has 18 heavy (non-hydrogen) atoms. The molecule has 0 unspecified atom stereocenters. The Morgan fingerprint density at radius 2 is 2.22 bits per heavy atom. The number of rotatable bonds is 4. The minimum atomic E-state index is -0.468. The standard InChI is InChI=1S/C11H15N3O3.ClH/c15-14(16)10-2-1-5-13-11(10)17-8-9-3-6-12-7-4-9;/h1-2,5,9,12H,3-4,6-8H2;1H. The van der Waals surface area contributed by atoms with Crippen molar-refractivity contribution in [3.05, 3.63) is 28.4 Å². The van der Waals surface area contributed by atoms with Gasteiger partial charge in [0, 0.05) is 12.3 Å². The monoisotopic (exact) mass is 273 g/mol. The number of aromatic nitrogens is 1. The molecule has 1 aliphatic heterocycles. The average Bonchev–Trinajstić information content (AvgIpc) is 2.38. The molecular formula is C11H16ClN3O3. The van der Waals surface area contributed by atoms with E-state index in [-0.39, 0.29) is 24.0 Å². The van der Waals surface area contributed by atoms with Gasteiger partial charge >= 0.3 is 5.69 Å². The Morgan fingerprint density at radius 3 is 2.89 bits per heavy atom. The number of nitrogens with zero attached hydrogens (tertiary/aromatic N) is 2. The molecule has 0 aromatic carbocycles. The molecule has 0 spiro atoms. The van der Waals surface area contributed by atoms with E-state index in [1.165, 1.54) is 18.3 Å². The van der Waals surface area contributed by atoms with Crippen molar-refractivity contribution in [3.8, 4) is 5.88 Å². The minimum absolute atomic E-state index is 0. The Hall–Kier alpha value is -1.40. The highest BCUT2D eigenvalue weighted by Crippen LogP contribution is 2.24. The summed E-state index contributed by atoms with van der Waals surface area (Å²) in [5.74, 6) is 0.578. The number of nitro groups is 1. The van der Waals surface area contributed by atoms with Crippen LogP contribution in [0.1, 0.15) is 12.8 Å². The van der Waals surface area contributed by atoms with Crippen molar-refractivity contribution in [3.63, 3.8) is 0 Å². The quantitative estimate of drug-likeness (QED) is 0.668. The van der Waals surface area contributed by atoms with Gasteiger partial charge in [-0.1, -0.05) is 0 Å². The maximum absolute atomic E-state index is 10.7. The fourth-order valence-electron chi connectivity index (χ4n) is 1.88. The second-order valence-corrected chi connectivity index (χ2v) is 4.09. The van der Waals surface area contributed by atoms with Crippen molar-refractivity contribution in [1.82, 2.24) is 10.3 Å².